The quantitative estimate of drug-likeness (QED) is 0.825. The molecule has 2 rings (SSSR count). The van der Waals surface area contributed by atoms with Crippen molar-refractivity contribution >= 4 is 10.8 Å². The van der Waals surface area contributed by atoms with E-state index in [9.17, 15) is 4.21 Å². The van der Waals surface area contributed by atoms with Crippen LogP contribution >= 0.6 is 0 Å². The first kappa shape index (κ1) is 9.87. The van der Waals surface area contributed by atoms with Gasteiger partial charge in [-0.3, -0.25) is 4.21 Å². The summed E-state index contributed by atoms with van der Waals surface area (Å²) in [5.41, 5.74) is 7.17. The van der Waals surface area contributed by atoms with Crippen LogP contribution in [0.25, 0.3) is 0 Å². The fourth-order valence-corrected chi connectivity index (χ4v) is 2.53. The largest absolute Gasteiger partial charge is 0.324 e. The number of nitrogens with two attached hydrogens (primary N) is 1. The fourth-order valence-electron chi connectivity index (χ4n) is 1.73. The summed E-state index contributed by atoms with van der Waals surface area (Å²) in [5, 5.41) is 0. The van der Waals surface area contributed by atoms with Crippen molar-refractivity contribution in [2.75, 3.05) is 6.26 Å². The molecular weight excluding hydrogens is 194 g/mol. The summed E-state index contributed by atoms with van der Waals surface area (Å²) in [6.45, 7) is 0. The number of hydrogen-bond acceptors (Lipinski definition) is 2. The molecule has 1 aliphatic rings. The predicted molar refractivity (Wildman–Crippen MR) is 58.4 cm³/mol. The van der Waals surface area contributed by atoms with Gasteiger partial charge in [0, 0.05) is 17.2 Å². The molecule has 1 aromatic rings. The van der Waals surface area contributed by atoms with Crippen molar-refractivity contribution in [1.29, 1.82) is 0 Å². The van der Waals surface area contributed by atoms with Crippen LogP contribution in [0.2, 0.25) is 0 Å². The molecular formula is C11H15NOS. The van der Waals surface area contributed by atoms with Crippen molar-refractivity contribution in [2.24, 2.45) is 11.7 Å². The maximum Gasteiger partial charge on any atom is 0.0501 e. The minimum atomic E-state index is -0.930. The van der Waals surface area contributed by atoms with Crippen LogP contribution in [-0.2, 0) is 10.8 Å². The van der Waals surface area contributed by atoms with Crippen LogP contribution in [0, 0.1) is 5.92 Å². The molecule has 1 saturated carbocycles. The normalized spacial score (nSPS) is 20.4. The summed E-state index contributed by atoms with van der Waals surface area (Å²) >= 11 is 0. The standard InChI is InChI=1S/C11H15NOS/c1-14(13)10-5-3-2-4-9(10)11(12)8-6-7-8/h2-5,8,11H,6-7,12H2,1H3. The monoisotopic (exact) mass is 209 g/mol. The molecule has 2 unspecified atom stereocenters. The molecule has 2 N–H and O–H groups in total. The second-order valence-electron chi connectivity index (χ2n) is 3.86. The zero-order valence-corrected chi connectivity index (χ0v) is 9.09. The molecule has 2 nitrogen and oxygen atoms in total. The van der Waals surface area contributed by atoms with Crippen molar-refractivity contribution in [2.45, 2.75) is 23.8 Å². The summed E-state index contributed by atoms with van der Waals surface area (Å²) in [7, 11) is -0.930. The third-order valence-corrected chi connectivity index (χ3v) is 3.71. The van der Waals surface area contributed by atoms with E-state index in [1.165, 1.54) is 12.8 Å². The van der Waals surface area contributed by atoms with Gasteiger partial charge in [0.15, 0.2) is 0 Å². The van der Waals surface area contributed by atoms with Crippen molar-refractivity contribution in [3.05, 3.63) is 29.8 Å². The number of rotatable bonds is 3. The zero-order chi connectivity index (χ0) is 10.1. The summed E-state index contributed by atoms with van der Waals surface area (Å²) in [6, 6.07) is 7.87. The average Bonchev–Trinajstić information content (AvgIpc) is 3.00. The highest BCUT2D eigenvalue weighted by atomic mass is 32.2. The Morgan fingerprint density at radius 3 is 2.64 bits per heavy atom. The van der Waals surface area contributed by atoms with Gasteiger partial charge in [-0.2, -0.15) is 0 Å². The van der Waals surface area contributed by atoms with Gasteiger partial charge in [-0.05, 0) is 30.4 Å². The van der Waals surface area contributed by atoms with E-state index in [-0.39, 0.29) is 6.04 Å². The van der Waals surface area contributed by atoms with E-state index in [0.717, 1.165) is 10.5 Å². The lowest BCUT2D eigenvalue weighted by Gasteiger charge is -2.14. The third kappa shape index (κ3) is 1.88. The lowest BCUT2D eigenvalue weighted by molar-refractivity contribution is 0.619. The van der Waals surface area contributed by atoms with Gasteiger partial charge in [0.05, 0.1) is 10.8 Å². The van der Waals surface area contributed by atoms with Gasteiger partial charge in [0.1, 0.15) is 0 Å². The molecule has 3 heteroatoms. The first-order valence-electron chi connectivity index (χ1n) is 4.88. The molecule has 0 bridgehead atoms. The van der Waals surface area contributed by atoms with E-state index in [2.05, 4.69) is 0 Å². The van der Waals surface area contributed by atoms with Gasteiger partial charge in [0.25, 0.3) is 0 Å². The highest BCUT2D eigenvalue weighted by Crippen LogP contribution is 2.40. The van der Waals surface area contributed by atoms with Crippen LogP contribution in [0.15, 0.2) is 29.2 Å². The van der Waals surface area contributed by atoms with Crippen LogP contribution in [0.1, 0.15) is 24.4 Å². The second-order valence-corrected chi connectivity index (χ2v) is 5.20. The van der Waals surface area contributed by atoms with E-state index in [0.29, 0.717) is 5.92 Å². The third-order valence-electron chi connectivity index (χ3n) is 2.72. The van der Waals surface area contributed by atoms with E-state index >= 15 is 0 Å². The van der Waals surface area contributed by atoms with Crippen molar-refractivity contribution in [3.8, 4) is 0 Å². The summed E-state index contributed by atoms with van der Waals surface area (Å²) < 4.78 is 11.5. The van der Waals surface area contributed by atoms with Crippen molar-refractivity contribution in [1.82, 2.24) is 0 Å². The van der Waals surface area contributed by atoms with Gasteiger partial charge in [-0.1, -0.05) is 18.2 Å². The first-order chi connectivity index (χ1) is 6.70. The Balaban J connectivity index is 2.34. The Morgan fingerprint density at radius 2 is 2.07 bits per heavy atom. The average molecular weight is 209 g/mol. The van der Waals surface area contributed by atoms with E-state index in [4.69, 9.17) is 5.73 Å². The van der Waals surface area contributed by atoms with Gasteiger partial charge in [0.2, 0.25) is 0 Å². The summed E-state index contributed by atoms with van der Waals surface area (Å²) in [5.74, 6) is 0.611. The van der Waals surface area contributed by atoms with Gasteiger partial charge < -0.3 is 5.73 Å². The van der Waals surface area contributed by atoms with Crippen LogP contribution in [0.3, 0.4) is 0 Å². The lowest BCUT2D eigenvalue weighted by Crippen LogP contribution is -2.14. The molecule has 0 aliphatic heterocycles. The Labute approximate surface area is 87.0 Å². The first-order valence-corrected chi connectivity index (χ1v) is 6.44. The SMILES string of the molecule is CS(=O)c1ccccc1C(N)C1CC1. The maximum atomic E-state index is 11.5. The van der Waals surface area contributed by atoms with E-state index in [1.54, 1.807) is 6.26 Å². The molecule has 1 aliphatic carbocycles. The Bertz CT molecular complexity index is 360. The molecule has 0 saturated heterocycles. The van der Waals surface area contributed by atoms with E-state index < -0.39 is 10.8 Å². The highest BCUT2D eigenvalue weighted by molar-refractivity contribution is 7.84. The number of benzene rings is 1. The Morgan fingerprint density at radius 1 is 1.43 bits per heavy atom. The Kier molecular flexibility index (Phi) is 2.70. The van der Waals surface area contributed by atoms with Gasteiger partial charge in [-0.25, -0.2) is 0 Å². The highest BCUT2D eigenvalue weighted by Gasteiger charge is 2.30. The summed E-state index contributed by atoms with van der Waals surface area (Å²) in [6.07, 6.45) is 4.14. The molecule has 14 heavy (non-hydrogen) atoms. The molecule has 0 amide bonds. The molecule has 1 fully saturated rings. The maximum absolute atomic E-state index is 11.5. The molecule has 2 atom stereocenters. The molecule has 0 spiro atoms. The predicted octanol–water partition coefficient (Wildman–Crippen LogP) is 1.83. The van der Waals surface area contributed by atoms with Crippen LogP contribution in [-0.4, -0.2) is 10.5 Å². The van der Waals surface area contributed by atoms with Crippen molar-refractivity contribution in [3.63, 3.8) is 0 Å². The lowest BCUT2D eigenvalue weighted by atomic mass is 10.0. The molecule has 0 aromatic heterocycles. The number of hydrogen-bond donors (Lipinski definition) is 1. The van der Waals surface area contributed by atoms with Crippen molar-refractivity contribution < 1.29 is 4.21 Å². The minimum Gasteiger partial charge on any atom is -0.324 e. The van der Waals surface area contributed by atoms with E-state index in [1.807, 2.05) is 24.3 Å². The molecule has 0 heterocycles. The smallest absolute Gasteiger partial charge is 0.0501 e. The van der Waals surface area contributed by atoms with Gasteiger partial charge in [-0.15, -0.1) is 0 Å². The molecule has 0 radical (unpaired) electrons. The van der Waals surface area contributed by atoms with Crippen LogP contribution in [0.4, 0.5) is 0 Å². The van der Waals surface area contributed by atoms with Crippen LogP contribution < -0.4 is 5.73 Å². The van der Waals surface area contributed by atoms with Crippen LogP contribution in [0.5, 0.6) is 0 Å². The fraction of sp³-hybridized carbons (Fsp3) is 0.455. The van der Waals surface area contributed by atoms with Gasteiger partial charge >= 0.3 is 0 Å². The molecule has 1 aromatic carbocycles. The Hall–Kier alpha value is -0.670. The molecule has 76 valence electrons. The summed E-state index contributed by atoms with van der Waals surface area (Å²) in [4.78, 5) is 0.895. The second kappa shape index (κ2) is 3.83. The topological polar surface area (TPSA) is 43.1 Å². The zero-order valence-electron chi connectivity index (χ0n) is 8.27. The minimum absolute atomic E-state index is 0.0788.